The topological polar surface area (TPSA) is 71.5 Å². The molecule has 6 nitrogen and oxygen atoms in total. The molecule has 0 bridgehead atoms. The van der Waals surface area contributed by atoms with E-state index in [1.807, 2.05) is 4.90 Å². The van der Waals surface area contributed by atoms with Crippen LogP contribution in [0.4, 0.5) is 19.0 Å². The van der Waals surface area contributed by atoms with Crippen molar-refractivity contribution in [2.24, 2.45) is 5.92 Å². The van der Waals surface area contributed by atoms with Crippen molar-refractivity contribution >= 4 is 40.9 Å². The Hall–Kier alpha value is -2.52. The smallest absolute Gasteiger partial charge is 0.417 e. The lowest BCUT2D eigenvalue weighted by atomic mass is 9.97. The van der Waals surface area contributed by atoms with Crippen molar-refractivity contribution in [2.45, 2.75) is 32.0 Å². The second-order valence-electron chi connectivity index (χ2n) is 7.73. The Balaban J connectivity index is 1.44. The molecule has 11 heteroatoms. The number of pyridine rings is 1. The first kappa shape index (κ1) is 25.1. The number of amides is 1. The molecule has 0 radical (unpaired) electrons. The Labute approximate surface area is 199 Å². The first-order valence-electron chi connectivity index (χ1n) is 10.2. The number of hydrogen-bond acceptors (Lipinski definition) is 5. The van der Waals surface area contributed by atoms with Crippen molar-refractivity contribution in [3.8, 4) is 0 Å². The Kier molecular flexibility index (Phi) is 8.07. The lowest BCUT2D eigenvalue weighted by molar-refractivity contribution is -0.153. The Morgan fingerprint density at radius 1 is 1.21 bits per heavy atom. The van der Waals surface area contributed by atoms with Gasteiger partial charge in [0.05, 0.1) is 17.5 Å². The van der Waals surface area contributed by atoms with Gasteiger partial charge in [0.2, 0.25) is 0 Å². The van der Waals surface area contributed by atoms with Crippen LogP contribution in [0.3, 0.4) is 0 Å². The summed E-state index contributed by atoms with van der Waals surface area (Å²) in [5, 5.41) is 3.62. The van der Waals surface area contributed by atoms with E-state index >= 15 is 0 Å². The molecule has 1 unspecified atom stereocenters. The van der Waals surface area contributed by atoms with E-state index in [1.165, 1.54) is 6.07 Å². The van der Waals surface area contributed by atoms with Crippen LogP contribution in [0, 0.1) is 5.92 Å². The largest absolute Gasteiger partial charge is 0.455 e. The molecule has 33 heavy (non-hydrogen) atoms. The predicted octanol–water partition coefficient (Wildman–Crippen LogP) is 5.04. The minimum Gasteiger partial charge on any atom is -0.455 e. The van der Waals surface area contributed by atoms with Crippen LogP contribution in [0.1, 0.15) is 36.9 Å². The van der Waals surface area contributed by atoms with Crippen LogP contribution in [0.5, 0.6) is 0 Å². The van der Waals surface area contributed by atoms with Crippen LogP contribution >= 0.6 is 23.2 Å². The molecule has 1 amide bonds. The number of hydrogen-bond donors (Lipinski definition) is 1. The second-order valence-corrected chi connectivity index (χ2v) is 8.57. The molecule has 1 aromatic carbocycles. The normalized spacial score (nSPS) is 15.8. The van der Waals surface area contributed by atoms with E-state index in [4.69, 9.17) is 27.9 Å². The van der Waals surface area contributed by atoms with E-state index in [0.717, 1.165) is 12.3 Å². The van der Waals surface area contributed by atoms with Crippen molar-refractivity contribution in [3.63, 3.8) is 0 Å². The van der Waals surface area contributed by atoms with Gasteiger partial charge in [-0.2, -0.15) is 13.2 Å². The molecule has 0 aliphatic carbocycles. The third kappa shape index (κ3) is 6.74. The molecule has 1 aromatic heterocycles. The van der Waals surface area contributed by atoms with Gasteiger partial charge in [0, 0.05) is 29.3 Å². The number of nitrogens with one attached hydrogen (secondary N) is 1. The highest BCUT2D eigenvalue weighted by atomic mass is 35.5. The van der Waals surface area contributed by atoms with Crippen molar-refractivity contribution < 1.29 is 27.5 Å². The van der Waals surface area contributed by atoms with Gasteiger partial charge in [-0.05, 0) is 49.6 Å². The molecule has 1 atom stereocenters. The molecule has 2 heterocycles. The maximum absolute atomic E-state index is 12.7. The van der Waals surface area contributed by atoms with Gasteiger partial charge in [-0.15, -0.1) is 0 Å². The summed E-state index contributed by atoms with van der Waals surface area (Å²) in [4.78, 5) is 30.2. The summed E-state index contributed by atoms with van der Waals surface area (Å²) < 4.78 is 43.2. The summed E-state index contributed by atoms with van der Waals surface area (Å²) in [5.74, 6) is -0.925. The van der Waals surface area contributed by atoms with Gasteiger partial charge in [0.1, 0.15) is 5.82 Å². The molecule has 2 aromatic rings. The molecule has 1 aliphatic rings. The number of nitrogens with zero attached hydrogens (tertiary/aromatic N) is 2. The number of piperidine rings is 1. The molecule has 1 aliphatic heterocycles. The number of anilines is 1. The zero-order valence-corrected chi connectivity index (χ0v) is 19.2. The van der Waals surface area contributed by atoms with Crippen LogP contribution in [0.15, 0.2) is 36.5 Å². The fraction of sp³-hybridized carbons (Fsp3) is 0.409. The zero-order valence-electron chi connectivity index (χ0n) is 17.7. The summed E-state index contributed by atoms with van der Waals surface area (Å²) in [7, 11) is 0. The quantitative estimate of drug-likeness (QED) is 0.558. The fourth-order valence-corrected chi connectivity index (χ4v) is 4.13. The molecule has 1 saturated heterocycles. The molecule has 178 valence electrons. The summed E-state index contributed by atoms with van der Waals surface area (Å²) in [6.45, 7) is 2.21. The minimum absolute atomic E-state index is 0.397. The highest BCUT2D eigenvalue weighted by Crippen LogP contribution is 2.30. The molecular weight excluding hydrogens is 482 g/mol. The SMILES string of the molecule is CC(NC(=O)COC(=O)C1CCN(c2ccc(C(F)(F)F)cn2)CC1)c1ccc(Cl)cc1Cl. The summed E-state index contributed by atoms with van der Waals surface area (Å²) in [6.07, 6.45) is -2.75. The van der Waals surface area contributed by atoms with Gasteiger partial charge < -0.3 is 15.0 Å². The molecule has 3 rings (SSSR count). The summed E-state index contributed by atoms with van der Waals surface area (Å²) >= 11 is 12.0. The predicted molar refractivity (Wildman–Crippen MR) is 118 cm³/mol. The van der Waals surface area contributed by atoms with Crippen LogP contribution in [-0.2, 0) is 20.5 Å². The van der Waals surface area contributed by atoms with E-state index < -0.39 is 42.2 Å². The average molecular weight is 504 g/mol. The number of benzene rings is 1. The van der Waals surface area contributed by atoms with E-state index in [-0.39, 0.29) is 0 Å². The van der Waals surface area contributed by atoms with Crippen LogP contribution < -0.4 is 10.2 Å². The number of ether oxygens (including phenoxy) is 1. The standard InChI is InChI=1S/C22H22Cl2F3N3O3/c1-13(17-4-3-16(23)10-18(17)24)29-20(31)12-33-21(32)14-6-8-30(9-7-14)19-5-2-15(11-28-19)22(25,26)27/h2-5,10-11,13-14H,6-9,12H2,1H3,(H,29,31). The first-order valence-corrected chi connectivity index (χ1v) is 11.0. The first-order chi connectivity index (χ1) is 15.5. The molecule has 1 fully saturated rings. The maximum Gasteiger partial charge on any atom is 0.417 e. The third-order valence-electron chi connectivity index (χ3n) is 5.38. The Morgan fingerprint density at radius 2 is 1.91 bits per heavy atom. The number of carbonyl (C=O) groups is 2. The van der Waals surface area contributed by atoms with Crippen LogP contribution in [0.25, 0.3) is 0 Å². The van der Waals surface area contributed by atoms with Crippen molar-refractivity contribution in [1.82, 2.24) is 10.3 Å². The van der Waals surface area contributed by atoms with Gasteiger partial charge >= 0.3 is 12.1 Å². The Morgan fingerprint density at radius 3 is 2.48 bits per heavy atom. The Bertz CT molecular complexity index is 995. The number of rotatable bonds is 6. The highest BCUT2D eigenvalue weighted by Gasteiger charge is 2.32. The zero-order chi connectivity index (χ0) is 24.2. The van der Waals surface area contributed by atoms with Gasteiger partial charge in [0.15, 0.2) is 6.61 Å². The molecule has 1 N–H and O–H groups in total. The number of halogens is 5. The van der Waals surface area contributed by atoms with Crippen molar-refractivity contribution in [2.75, 3.05) is 24.6 Å². The van der Waals surface area contributed by atoms with Gasteiger partial charge in [-0.1, -0.05) is 29.3 Å². The second kappa shape index (κ2) is 10.6. The summed E-state index contributed by atoms with van der Waals surface area (Å²) in [5.41, 5.74) is -0.124. The van der Waals surface area contributed by atoms with Gasteiger partial charge in [-0.3, -0.25) is 9.59 Å². The van der Waals surface area contributed by atoms with Crippen LogP contribution in [0.2, 0.25) is 10.0 Å². The average Bonchev–Trinajstić information content (AvgIpc) is 2.77. The van der Waals surface area contributed by atoms with E-state index in [0.29, 0.717) is 47.4 Å². The van der Waals surface area contributed by atoms with E-state index in [2.05, 4.69) is 10.3 Å². The molecule has 0 saturated carbocycles. The van der Waals surface area contributed by atoms with Crippen molar-refractivity contribution in [1.29, 1.82) is 0 Å². The number of alkyl halides is 3. The molecular formula is C22H22Cl2F3N3O3. The van der Waals surface area contributed by atoms with E-state index in [1.54, 1.807) is 25.1 Å². The van der Waals surface area contributed by atoms with E-state index in [9.17, 15) is 22.8 Å². The van der Waals surface area contributed by atoms with Crippen molar-refractivity contribution in [3.05, 3.63) is 57.7 Å². The highest BCUT2D eigenvalue weighted by molar-refractivity contribution is 6.35. The number of esters is 1. The monoisotopic (exact) mass is 503 g/mol. The number of carbonyl (C=O) groups excluding carboxylic acids is 2. The lowest BCUT2D eigenvalue weighted by Crippen LogP contribution is -2.38. The lowest BCUT2D eigenvalue weighted by Gasteiger charge is -2.31. The molecule has 0 spiro atoms. The van der Waals surface area contributed by atoms with Crippen LogP contribution in [-0.4, -0.2) is 36.6 Å². The third-order valence-corrected chi connectivity index (χ3v) is 5.94. The summed E-state index contributed by atoms with van der Waals surface area (Å²) in [6, 6.07) is 6.85. The van der Waals surface area contributed by atoms with Gasteiger partial charge in [0.25, 0.3) is 5.91 Å². The minimum atomic E-state index is -4.44. The maximum atomic E-state index is 12.7. The fourth-order valence-electron chi connectivity index (χ4n) is 3.55. The van der Waals surface area contributed by atoms with Gasteiger partial charge in [-0.25, -0.2) is 4.98 Å². The number of aromatic nitrogens is 1.